The van der Waals surface area contributed by atoms with Gasteiger partial charge in [-0.3, -0.25) is 14.9 Å². The minimum atomic E-state index is -0.461. The molecule has 0 saturated carbocycles. The third-order valence-corrected chi connectivity index (χ3v) is 5.00. The summed E-state index contributed by atoms with van der Waals surface area (Å²) in [5, 5.41) is 11.3. The largest absolute Gasteiger partial charge is 0.345 e. The van der Waals surface area contributed by atoms with Gasteiger partial charge in [-0.05, 0) is 37.6 Å². The molecule has 0 atom stereocenters. The first kappa shape index (κ1) is 21.0. The highest BCUT2D eigenvalue weighted by Gasteiger charge is 2.20. The van der Waals surface area contributed by atoms with Gasteiger partial charge in [-0.25, -0.2) is 0 Å². The van der Waals surface area contributed by atoms with Crippen molar-refractivity contribution in [2.24, 2.45) is 0 Å². The van der Waals surface area contributed by atoms with Gasteiger partial charge >= 0.3 is 0 Å². The fraction of sp³-hybridized carbons (Fsp3) is 0.208. The van der Waals surface area contributed by atoms with Gasteiger partial charge in [0.15, 0.2) is 0 Å². The SMILES string of the molecule is C=CCN(Cc1cccn1Cc1cccc(C)c1)C(=O)c1ccc(C)c([N+](=O)[O-])c1. The Hall–Kier alpha value is -3.67. The van der Waals surface area contributed by atoms with Crippen LogP contribution < -0.4 is 0 Å². The van der Waals surface area contributed by atoms with Crippen molar-refractivity contribution in [1.29, 1.82) is 0 Å². The molecule has 0 unspecified atom stereocenters. The van der Waals surface area contributed by atoms with Crippen LogP contribution in [0.2, 0.25) is 0 Å². The molecule has 30 heavy (non-hydrogen) atoms. The highest BCUT2D eigenvalue weighted by molar-refractivity contribution is 5.95. The van der Waals surface area contributed by atoms with E-state index in [1.807, 2.05) is 24.4 Å². The van der Waals surface area contributed by atoms with E-state index in [2.05, 4.69) is 36.3 Å². The van der Waals surface area contributed by atoms with Gasteiger partial charge in [0.1, 0.15) is 0 Å². The van der Waals surface area contributed by atoms with Crippen molar-refractivity contribution in [2.45, 2.75) is 26.9 Å². The average Bonchev–Trinajstić information content (AvgIpc) is 3.14. The van der Waals surface area contributed by atoms with Crippen molar-refractivity contribution in [2.75, 3.05) is 6.54 Å². The maximum absolute atomic E-state index is 13.1. The first-order valence-electron chi connectivity index (χ1n) is 9.74. The van der Waals surface area contributed by atoms with Crippen LogP contribution in [0, 0.1) is 24.0 Å². The van der Waals surface area contributed by atoms with Crippen LogP contribution >= 0.6 is 0 Å². The number of nitro groups is 1. The lowest BCUT2D eigenvalue weighted by Crippen LogP contribution is -2.31. The van der Waals surface area contributed by atoms with E-state index in [1.54, 1.807) is 30.0 Å². The van der Waals surface area contributed by atoms with Crippen LogP contribution in [0.1, 0.15) is 32.7 Å². The molecule has 0 radical (unpaired) electrons. The van der Waals surface area contributed by atoms with Crippen LogP contribution in [0.25, 0.3) is 0 Å². The molecule has 2 aromatic carbocycles. The summed E-state index contributed by atoms with van der Waals surface area (Å²) in [7, 11) is 0. The third-order valence-electron chi connectivity index (χ3n) is 5.00. The number of rotatable bonds is 8. The van der Waals surface area contributed by atoms with E-state index in [0.717, 1.165) is 5.69 Å². The fourth-order valence-electron chi connectivity index (χ4n) is 3.45. The number of nitrogens with zero attached hydrogens (tertiary/aromatic N) is 3. The summed E-state index contributed by atoms with van der Waals surface area (Å²) in [6, 6.07) is 16.8. The van der Waals surface area contributed by atoms with Crippen molar-refractivity contribution >= 4 is 11.6 Å². The molecular weight excluding hydrogens is 378 g/mol. The van der Waals surface area contributed by atoms with Crippen LogP contribution in [0.3, 0.4) is 0 Å². The second kappa shape index (κ2) is 9.22. The lowest BCUT2D eigenvalue weighted by molar-refractivity contribution is -0.385. The van der Waals surface area contributed by atoms with Crippen molar-refractivity contribution in [3.05, 3.63) is 112 Å². The molecule has 0 spiro atoms. The van der Waals surface area contributed by atoms with Crippen LogP contribution in [0.4, 0.5) is 5.69 Å². The Bertz CT molecular complexity index is 1080. The number of hydrogen-bond donors (Lipinski definition) is 0. The Labute approximate surface area is 176 Å². The van der Waals surface area contributed by atoms with Crippen LogP contribution in [0.15, 0.2) is 73.4 Å². The van der Waals surface area contributed by atoms with Gasteiger partial charge in [-0.15, -0.1) is 6.58 Å². The molecule has 6 nitrogen and oxygen atoms in total. The molecule has 6 heteroatoms. The number of nitro benzene ring substituents is 1. The molecule has 3 aromatic rings. The first-order valence-corrected chi connectivity index (χ1v) is 9.74. The topological polar surface area (TPSA) is 68.4 Å². The lowest BCUT2D eigenvalue weighted by Gasteiger charge is -2.22. The molecule has 0 aliphatic rings. The van der Waals surface area contributed by atoms with E-state index in [1.165, 1.54) is 17.2 Å². The zero-order valence-corrected chi connectivity index (χ0v) is 17.2. The predicted octanol–water partition coefficient (Wildman–Crippen LogP) is 4.89. The standard InChI is InChI=1S/C24H25N3O3/c1-4-12-26(24(28)21-11-10-19(3)23(15-21)27(29)30)17-22-9-6-13-25(22)16-20-8-5-7-18(2)14-20/h4-11,13-15H,1,12,16-17H2,2-3H3. The third kappa shape index (κ3) is 4.84. The quantitative estimate of drug-likeness (QED) is 0.305. The molecule has 1 amide bonds. The number of benzene rings is 2. The smallest absolute Gasteiger partial charge is 0.273 e. The van der Waals surface area contributed by atoms with Gasteiger partial charge in [0, 0.05) is 42.2 Å². The van der Waals surface area contributed by atoms with Crippen molar-refractivity contribution in [3.8, 4) is 0 Å². The van der Waals surface area contributed by atoms with Gasteiger partial charge in [0.25, 0.3) is 11.6 Å². The Morgan fingerprint density at radius 1 is 1.17 bits per heavy atom. The second-order valence-corrected chi connectivity index (χ2v) is 7.35. The number of hydrogen-bond acceptors (Lipinski definition) is 3. The lowest BCUT2D eigenvalue weighted by atomic mass is 10.1. The van der Waals surface area contributed by atoms with Gasteiger partial charge in [-0.2, -0.15) is 0 Å². The number of carbonyl (C=O) groups is 1. The fourth-order valence-corrected chi connectivity index (χ4v) is 3.45. The number of aryl methyl sites for hydroxylation is 2. The average molecular weight is 403 g/mol. The maximum atomic E-state index is 13.1. The van der Waals surface area contributed by atoms with Crippen molar-refractivity contribution in [1.82, 2.24) is 9.47 Å². The predicted molar refractivity (Wildman–Crippen MR) is 117 cm³/mol. The summed E-state index contributed by atoms with van der Waals surface area (Å²) in [5.41, 5.74) is 4.13. The van der Waals surface area contributed by atoms with E-state index >= 15 is 0 Å². The van der Waals surface area contributed by atoms with Crippen molar-refractivity contribution < 1.29 is 9.72 Å². The Kier molecular flexibility index (Phi) is 6.47. The normalized spacial score (nSPS) is 10.6. The zero-order valence-electron chi connectivity index (χ0n) is 17.2. The summed E-state index contributed by atoms with van der Waals surface area (Å²) >= 11 is 0. The molecule has 0 saturated heterocycles. The van der Waals surface area contributed by atoms with E-state index in [9.17, 15) is 14.9 Å². The molecule has 0 bridgehead atoms. The molecular formula is C24H25N3O3. The number of amides is 1. The van der Waals surface area contributed by atoms with E-state index in [-0.39, 0.29) is 11.6 Å². The van der Waals surface area contributed by atoms with Crippen molar-refractivity contribution in [3.63, 3.8) is 0 Å². The Morgan fingerprint density at radius 2 is 1.97 bits per heavy atom. The van der Waals surface area contributed by atoms with Gasteiger partial charge in [-0.1, -0.05) is 42.0 Å². The van der Waals surface area contributed by atoms with E-state index < -0.39 is 4.92 Å². The van der Waals surface area contributed by atoms with Gasteiger partial charge in [0.2, 0.25) is 0 Å². The molecule has 0 aliphatic carbocycles. The Balaban J connectivity index is 1.84. The van der Waals surface area contributed by atoms with Crippen LogP contribution in [-0.4, -0.2) is 26.8 Å². The number of aromatic nitrogens is 1. The molecule has 3 rings (SSSR count). The van der Waals surface area contributed by atoms with Gasteiger partial charge in [0.05, 0.1) is 11.5 Å². The molecule has 154 valence electrons. The molecule has 1 heterocycles. The molecule has 0 fully saturated rings. The number of carbonyl (C=O) groups excluding carboxylic acids is 1. The minimum absolute atomic E-state index is 0.0535. The summed E-state index contributed by atoms with van der Waals surface area (Å²) in [6.45, 7) is 8.90. The summed E-state index contributed by atoms with van der Waals surface area (Å²) < 4.78 is 2.11. The van der Waals surface area contributed by atoms with Gasteiger partial charge < -0.3 is 9.47 Å². The maximum Gasteiger partial charge on any atom is 0.273 e. The second-order valence-electron chi connectivity index (χ2n) is 7.35. The summed E-state index contributed by atoms with van der Waals surface area (Å²) in [5.74, 6) is -0.263. The van der Waals surface area contributed by atoms with E-state index in [4.69, 9.17) is 0 Å². The molecule has 0 aliphatic heterocycles. The zero-order chi connectivity index (χ0) is 21.7. The molecule has 0 N–H and O–H groups in total. The highest BCUT2D eigenvalue weighted by Crippen LogP contribution is 2.21. The monoisotopic (exact) mass is 403 g/mol. The summed E-state index contributed by atoms with van der Waals surface area (Å²) in [6.07, 6.45) is 3.65. The van der Waals surface area contributed by atoms with Crippen LogP contribution in [0.5, 0.6) is 0 Å². The highest BCUT2D eigenvalue weighted by atomic mass is 16.6. The minimum Gasteiger partial charge on any atom is -0.345 e. The molecule has 1 aromatic heterocycles. The van der Waals surface area contributed by atoms with E-state index in [0.29, 0.717) is 30.8 Å². The summed E-state index contributed by atoms with van der Waals surface area (Å²) in [4.78, 5) is 25.5. The Morgan fingerprint density at radius 3 is 2.67 bits per heavy atom. The van der Waals surface area contributed by atoms with Crippen LogP contribution in [-0.2, 0) is 13.1 Å². The first-order chi connectivity index (χ1) is 14.4.